The molecule has 3 rings (SSSR count). The minimum Gasteiger partial charge on any atom is -0.493 e. The van der Waals surface area contributed by atoms with Gasteiger partial charge in [-0.2, -0.15) is 0 Å². The lowest BCUT2D eigenvalue weighted by Crippen LogP contribution is -2.20. The molecule has 35 heavy (non-hydrogen) atoms. The van der Waals surface area contributed by atoms with E-state index in [2.05, 4.69) is 19.1 Å². The quantitative estimate of drug-likeness (QED) is 0.269. The fourth-order valence-corrected chi connectivity index (χ4v) is 3.76. The van der Waals surface area contributed by atoms with Crippen LogP contribution in [-0.4, -0.2) is 59.3 Å². The van der Waals surface area contributed by atoms with Gasteiger partial charge in [0.25, 0.3) is 0 Å². The van der Waals surface area contributed by atoms with Gasteiger partial charge in [-0.15, -0.1) is 0 Å². The van der Waals surface area contributed by atoms with Gasteiger partial charge in [0.15, 0.2) is 17.3 Å². The number of methoxy groups -OCH3 is 3. The molecule has 0 N–H and O–H groups in total. The topological polar surface area (TPSA) is 57.2 Å². The fourth-order valence-electron chi connectivity index (χ4n) is 3.76. The highest BCUT2D eigenvalue weighted by Gasteiger charge is 2.16. The van der Waals surface area contributed by atoms with Crippen LogP contribution in [0.15, 0.2) is 60.7 Å². The molecule has 0 saturated heterocycles. The Balaban J connectivity index is 1.99. The second-order valence-corrected chi connectivity index (χ2v) is 8.30. The van der Waals surface area contributed by atoms with Crippen molar-refractivity contribution in [1.82, 2.24) is 4.90 Å². The first-order valence-electron chi connectivity index (χ1n) is 11.4. The van der Waals surface area contributed by atoms with E-state index >= 15 is 0 Å². The monoisotopic (exact) mass is 475 g/mol. The number of aryl methyl sites for hydroxylation is 1. The van der Waals surface area contributed by atoms with E-state index < -0.39 is 0 Å². The van der Waals surface area contributed by atoms with E-state index in [1.165, 1.54) is 6.08 Å². The first-order chi connectivity index (χ1) is 16.9. The Morgan fingerprint density at radius 3 is 2.26 bits per heavy atom. The summed E-state index contributed by atoms with van der Waals surface area (Å²) in [6.07, 6.45) is 3.24. The fraction of sp³-hybridized carbons (Fsp3) is 0.276. The molecule has 0 aromatic heterocycles. The maximum Gasteiger partial charge on any atom is 0.203 e. The minimum atomic E-state index is -0.169. The highest BCUT2D eigenvalue weighted by atomic mass is 16.5. The molecule has 0 unspecified atom stereocenters. The zero-order valence-electron chi connectivity index (χ0n) is 21.3. The van der Waals surface area contributed by atoms with Gasteiger partial charge in [-0.25, -0.2) is 0 Å². The number of rotatable bonds is 11. The van der Waals surface area contributed by atoms with Gasteiger partial charge in [-0.3, -0.25) is 4.79 Å². The predicted octanol–water partition coefficient (Wildman–Crippen LogP) is 5.52. The van der Waals surface area contributed by atoms with Crippen LogP contribution < -0.4 is 18.9 Å². The lowest BCUT2D eigenvalue weighted by atomic mass is 9.97. The number of ether oxygens (including phenoxy) is 4. The van der Waals surface area contributed by atoms with Crippen molar-refractivity contribution < 1.29 is 23.7 Å². The third-order valence-electron chi connectivity index (χ3n) is 5.65. The summed E-state index contributed by atoms with van der Waals surface area (Å²) in [5, 5.41) is 0. The highest BCUT2D eigenvalue weighted by Crippen LogP contribution is 2.40. The molecule has 0 aliphatic heterocycles. The molecule has 0 bridgehead atoms. The Morgan fingerprint density at radius 1 is 0.886 bits per heavy atom. The number of ketones is 1. The first-order valence-corrected chi connectivity index (χ1v) is 11.4. The van der Waals surface area contributed by atoms with Crippen molar-refractivity contribution in [1.29, 1.82) is 0 Å². The minimum absolute atomic E-state index is 0.169. The number of hydrogen-bond acceptors (Lipinski definition) is 6. The van der Waals surface area contributed by atoms with Crippen LogP contribution in [0.4, 0.5) is 0 Å². The number of benzene rings is 3. The smallest absolute Gasteiger partial charge is 0.203 e. The molecule has 184 valence electrons. The maximum absolute atomic E-state index is 13.4. The summed E-state index contributed by atoms with van der Waals surface area (Å²) >= 11 is 0. The number of carbonyl (C=O) groups excluding carboxylic acids is 1. The molecule has 3 aromatic rings. The largest absolute Gasteiger partial charge is 0.493 e. The number of carbonyl (C=O) groups is 1. The number of likely N-dealkylation sites (N-methyl/N-ethyl adjacent to an activating group) is 1. The lowest BCUT2D eigenvalue weighted by molar-refractivity contribution is 0.104. The Bertz CT molecular complexity index is 1200. The molecule has 0 spiro atoms. The molecule has 6 nitrogen and oxygen atoms in total. The average Bonchev–Trinajstić information content (AvgIpc) is 2.86. The van der Waals surface area contributed by atoms with Crippen LogP contribution in [-0.2, 0) is 0 Å². The zero-order valence-corrected chi connectivity index (χ0v) is 21.3. The molecule has 0 amide bonds. The standard InChI is InChI=1S/C29H33NO5/c1-20-9-7-8-10-23(20)22-13-15-26(35-18-17-30(2)3)24(19-22)25(31)14-11-21-12-16-27(32-4)29(34-6)28(21)33-5/h7-16,19H,17-18H2,1-6H3. The molecule has 0 fully saturated rings. The molecular weight excluding hydrogens is 442 g/mol. The van der Waals surface area contributed by atoms with Gasteiger partial charge in [0.2, 0.25) is 5.75 Å². The Hall–Kier alpha value is -3.77. The van der Waals surface area contributed by atoms with Gasteiger partial charge in [-0.1, -0.05) is 30.3 Å². The van der Waals surface area contributed by atoms with Crippen LogP contribution in [0.25, 0.3) is 17.2 Å². The Morgan fingerprint density at radius 2 is 1.60 bits per heavy atom. The van der Waals surface area contributed by atoms with E-state index in [1.807, 2.05) is 55.4 Å². The molecule has 0 radical (unpaired) electrons. The van der Waals surface area contributed by atoms with E-state index in [9.17, 15) is 4.79 Å². The maximum atomic E-state index is 13.4. The lowest BCUT2D eigenvalue weighted by Gasteiger charge is -2.15. The summed E-state index contributed by atoms with van der Waals surface area (Å²) < 4.78 is 22.3. The molecule has 6 heteroatoms. The molecule has 0 atom stereocenters. The third kappa shape index (κ3) is 6.22. The highest BCUT2D eigenvalue weighted by molar-refractivity contribution is 6.09. The van der Waals surface area contributed by atoms with Crippen molar-refractivity contribution in [2.75, 3.05) is 48.6 Å². The van der Waals surface area contributed by atoms with Gasteiger partial charge in [0.1, 0.15) is 12.4 Å². The van der Waals surface area contributed by atoms with Crippen LogP contribution in [0.2, 0.25) is 0 Å². The molecule has 0 saturated carbocycles. The number of hydrogen-bond donors (Lipinski definition) is 0. The van der Waals surface area contributed by atoms with E-state index in [-0.39, 0.29) is 5.78 Å². The van der Waals surface area contributed by atoms with Crippen molar-refractivity contribution in [3.63, 3.8) is 0 Å². The Labute approximate surface area is 207 Å². The Kier molecular flexibility index (Phi) is 8.92. The summed E-state index contributed by atoms with van der Waals surface area (Å²) in [4.78, 5) is 15.4. The summed E-state index contributed by atoms with van der Waals surface area (Å²) in [5.41, 5.74) is 4.37. The first kappa shape index (κ1) is 25.8. The normalized spacial score (nSPS) is 11.1. The average molecular weight is 476 g/mol. The van der Waals surface area contributed by atoms with Crippen LogP contribution in [0, 0.1) is 6.92 Å². The summed E-state index contributed by atoms with van der Waals surface area (Å²) in [6, 6.07) is 17.5. The number of nitrogens with zero attached hydrogens (tertiary/aromatic N) is 1. The molecule has 0 aliphatic carbocycles. The van der Waals surface area contributed by atoms with E-state index in [1.54, 1.807) is 33.5 Å². The SMILES string of the molecule is COc1ccc(C=CC(=O)c2cc(-c3ccccc3C)ccc2OCCN(C)C)c(OC)c1OC. The van der Waals surface area contributed by atoms with Gasteiger partial charge < -0.3 is 23.8 Å². The van der Waals surface area contributed by atoms with Gasteiger partial charge in [0, 0.05) is 12.1 Å². The van der Waals surface area contributed by atoms with Gasteiger partial charge in [-0.05, 0) is 74.1 Å². The van der Waals surface area contributed by atoms with Gasteiger partial charge in [0.05, 0.1) is 26.9 Å². The third-order valence-corrected chi connectivity index (χ3v) is 5.65. The van der Waals surface area contributed by atoms with Crippen molar-refractivity contribution in [2.24, 2.45) is 0 Å². The van der Waals surface area contributed by atoms with Crippen molar-refractivity contribution in [3.8, 4) is 34.1 Å². The summed E-state index contributed by atoms with van der Waals surface area (Å²) in [7, 11) is 8.63. The number of allylic oxidation sites excluding steroid dienone is 1. The van der Waals surface area contributed by atoms with Crippen LogP contribution in [0.1, 0.15) is 21.5 Å². The van der Waals surface area contributed by atoms with E-state index in [0.717, 1.165) is 23.2 Å². The second kappa shape index (κ2) is 12.1. The second-order valence-electron chi connectivity index (χ2n) is 8.30. The van der Waals surface area contributed by atoms with Crippen molar-refractivity contribution in [2.45, 2.75) is 6.92 Å². The molecule has 3 aromatic carbocycles. The summed E-state index contributed by atoms with van der Waals surface area (Å²) in [5.74, 6) is 1.90. The predicted molar refractivity (Wildman–Crippen MR) is 140 cm³/mol. The van der Waals surface area contributed by atoms with Crippen LogP contribution >= 0.6 is 0 Å². The van der Waals surface area contributed by atoms with Crippen LogP contribution in [0.3, 0.4) is 0 Å². The van der Waals surface area contributed by atoms with E-state index in [4.69, 9.17) is 18.9 Å². The molecule has 0 heterocycles. The van der Waals surface area contributed by atoms with Crippen molar-refractivity contribution in [3.05, 3.63) is 77.4 Å². The zero-order chi connectivity index (χ0) is 25.4. The van der Waals surface area contributed by atoms with Crippen molar-refractivity contribution >= 4 is 11.9 Å². The molecule has 0 aliphatic rings. The van der Waals surface area contributed by atoms with Gasteiger partial charge >= 0.3 is 0 Å². The molecular formula is C29H33NO5. The van der Waals surface area contributed by atoms with Crippen LogP contribution in [0.5, 0.6) is 23.0 Å². The summed E-state index contributed by atoms with van der Waals surface area (Å²) in [6.45, 7) is 3.28. The van der Waals surface area contributed by atoms with E-state index in [0.29, 0.717) is 40.7 Å².